The summed E-state index contributed by atoms with van der Waals surface area (Å²) in [7, 11) is 4.09. The zero-order chi connectivity index (χ0) is 22.4. The molecule has 0 unspecified atom stereocenters. The van der Waals surface area contributed by atoms with Gasteiger partial charge in [-0.2, -0.15) is 16.4 Å². The molecule has 0 amide bonds. The average Bonchev–Trinajstić information content (AvgIpc) is 3.57. The van der Waals surface area contributed by atoms with E-state index in [1.807, 2.05) is 44.8 Å². The fraction of sp³-hybridized carbons (Fsp3) is 0.125. The molecule has 0 fully saturated rings. The number of aromatic amines is 2. The predicted molar refractivity (Wildman–Crippen MR) is 131 cm³/mol. The van der Waals surface area contributed by atoms with E-state index < -0.39 is 0 Å². The third-order valence-electron chi connectivity index (χ3n) is 5.45. The van der Waals surface area contributed by atoms with Crippen LogP contribution >= 0.6 is 11.3 Å². The number of nitrogens with one attached hydrogen (secondary N) is 2. The van der Waals surface area contributed by atoms with Gasteiger partial charge in [0.15, 0.2) is 11.5 Å². The van der Waals surface area contributed by atoms with Crippen molar-refractivity contribution in [3.8, 4) is 33.9 Å². The zero-order valence-electron chi connectivity index (χ0n) is 18.1. The first-order chi connectivity index (χ1) is 16.2. The Hall–Kier alpha value is -3.95. The van der Waals surface area contributed by atoms with Gasteiger partial charge in [0, 0.05) is 36.3 Å². The van der Waals surface area contributed by atoms with E-state index in [4.69, 9.17) is 9.97 Å². The molecule has 6 aromatic rings. The lowest BCUT2D eigenvalue weighted by atomic mass is 10.1. The molecule has 0 spiro atoms. The smallest absolute Gasteiger partial charge is 0.161 e. The van der Waals surface area contributed by atoms with Crippen LogP contribution in [0, 0.1) is 0 Å². The second-order valence-corrected chi connectivity index (χ2v) is 8.95. The molecule has 2 N–H and O–H groups in total. The quantitative estimate of drug-likeness (QED) is 0.392. The Kier molecular flexibility index (Phi) is 4.70. The van der Waals surface area contributed by atoms with Crippen molar-refractivity contribution >= 4 is 33.4 Å². The van der Waals surface area contributed by atoms with Gasteiger partial charge in [0.25, 0.3) is 0 Å². The van der Waals surface area contributed by atoms with Crippen LogP contribution in [0.3, 0.4) is 0 Å². The van der Waals surface area contributed by atoms with E-state index >= 15 is 0 Å². The van der Waals surface area contributed by atoms with Gasteiger partial charge in [-0.05, 0) is 60.2 Å². The molecule has 0 aliphatic rings. The fourth-order valence-electron chi connectivity index (χ4n) is 3.98. The van der Waals surface area contributed by atoms with Crippen LogP contribution in [0.2, 0.25) is 0 Å². The molecule has 0 radical (unpaired) electrons. The van der Waals surface area contributed by atoms with Crippen molar-refractivity contribution in [2.24, 2.45) is 0 Å². The van der Waals surface area contributed by atoms with Gasteiger partial charge < -0.3 is 9.88 Å². The molecular weight excluding hydrogens is 432 g/mol. The van der Waals surface area contributed by atoms with Crippen LogP contribution in [-0.4, -0.2) is 54.1 Å². The molecule has 0 saturated carbocycles. The van der Waals surface area contributed by atoms with Crippen LogP contribution in [0.5, 0.6) is 0 Å². The summed E-state index contributed by atoms with van der Waals surface area (Å²) < 4.78 is 0. The summed E-state index contributed by atoms with van der Waals surface area (Å²) in [5.41, 5.74) is 9.06. The fourth-order valence-corrected chi connectivity index (χ4v) is 4.63. The topological polar surface area (TPSA) is 99.3 Å². The molecule has 6 aromatic heterocycles. The summed E-state index contributed by atoms with van der Waals surface area (Å²) >= 11 is 1.65. The first-order valence-corrected chi connectivity index (χ1v) is 11.4. The Morgan fingerprint density at radius 2 is 1.82 bits per heavy atom. The van der Waals surface area contributed by atoms with Gasteiger partial charge in [-0.1, -0.05) is 0 Å². The monoisotopic (exact) mass is 452 g/mol. The summed E-state index contributed by atoms with van der Waals surface area (Å²) in [4.78, 5) is 24.1. The number of fused-ring (bicyclic) bond motifs is 2. The minimum atomic E-state index is 0.657. The Balaban J connectivity index is 1.45. The highest BCUT2D eigenvalue weighted by molar-refractivity contribution is 7.08. The number of rotatable bonds is 5. The van der Waals surface area contributed by atoms with Gasteiger partial charge in [0.2, 0.25) is 0 Å². The molecule has 0 atom stereocenters. The van der Waals surface area contributed by atoms with Crippen molar-refractivity contribution in [1.29, 1.82) is 0 Å². The van der Waals surface area contributed by atoms with E-state index in [1.165, 1.54) is 0 Å². The maximum absolute atomic E-state index is 4.92. The summed E-state index contributed by atoms with van der Waals surface area (Å²) in [6, 6.07) is 8.18. The summed E-state index contributed by atoms with van der Waals surface area (Å²) in [6.45, 7) is 0.819. The molecule has 0 aliphatic carbocycles. The normalized spacial score (nSPS) is 11.7. The molecule has 33 heavy (non-hydrogen) atoms. The molecule has 0 bridgehead atoms. The standard InChI is InChI=1S/C24H20N8S/c1-32(2)12-14-7-16(9-25-8-14)18-3-4-19-22(27-18)23(31-30-19)24-28-20-11-26-10-17(21(20)29-24)15-5-6-33-13-15/h3-11,13H,12H2,1-2H3,(H,28,29)(H,30,31). The zero-order valence-corrected chi connectivity index (χ0v) is 18.9. The van der Waals surface area contributed by atoms with Gasteiger partial charge in [0.1, 0.15) is 11.0 Å². The summed E-state index contributed by atoms with van der Waals surface area (Å²) in [5, 5.41) is 11.8. The average molecular weight is 453 g/mol. The maximum Gasteiger partial charge on any atom is 0.161 e. The third kappa shape index (κ3) is 3.57. The first-order valence-electron chi connectivity index (χ1n) is 10.5. The van der Waals surface area contributed by atoms with Crippen molar-refractivity contribution in [1.82, 2.24) is 40.0 Å². The summed E-state index contributed by atoms with van der Waals surface area (Å²) in [6.07, 6.45) is 7.37. The summed E-state index contributed by atoms with van der Waals surface area (Å²) in [5.74, 6) is 0.657. The van der Waals surface area contributed by atoms with Gasteiger partial charge in [0.05, 0.1) is 22.9 Å². The highest BCUT2D eigenvalue weighted by Crippen LogP contribution is 2.32. The lowest BCUT2D eigenvalue weighted by molar-refractivity contribution is 0.402. The van der Waals surface area contributed by atoms with Crippen LogP contribution in [0.25, 0.3) is 56.0 Å². The van der Waals surface area contributed by atoms with Gasteiger partial charge >= 0.3 is 0 Å². The number of H-pyrrole nitrogens is 2. The second-order valence-electron chi connectivity index (χ2n) is 8.17. The van der Waals surface area contributed by atoms with Crippen LogP contribution in [0.1, 0.15) is 5.56 Å². The highest BCUT2D eigenvalue weighted by Gasteiger charge is 2.17. The highest BCUT2D eigenvalue weighted by atomic mass is 32.1. The first kappa shape index (κ1) is 19.7. The van der Waals surface area contributed by atoms with Crippen LogP contribution < -0.4 is 0 Å². The molecule has 6 rings (SSSR count). The van der Waals surface area contributed by atoms with Gasteiger partial charge in [-0.25, -0.2) is 9.97 Å². The molecule has 162 valence electrons. The van der Waals surface area contributed by atoms with E-state index in [0.717, 1.165) is 56.6 Å². The van der Waals surface area contributed by atoms with Crippen molar-refractivity contribution in [3.05, 3.63) is 65.4 Å². The molecule has 0 aliphatic heterocycles. The minimum absolute atomic E-state index is 0.657. The van der Waals surface area contributed by atoms with E-state index in [0.29, 0.717) is 11.5 Å². The van der Waals surface area contributed by atoms with Gasteiger partial charge in [-0.3, -0.25) is 15.1 Å². The van der Waals surface area contributed by atoms with Crippen molar-refractivity contribution < 1.29 is 0 Å². The van der Waals surface area contributed by atoms with Crippen molar-refractivity contribution in [2.45, 2.75) is 6.54 Å². The van der Waals surface area contributed by atoms with Crippen LogP contribution in [0.4, 0.5) is 0 Å². The van der Waals surface area contributed by atoms with E-state index in [2.05, 4.69) is 52.9 Å². The van der Waals surface area contributed by atoms with Crippen molar-refractivity contribution in [2.75, 3.05) is 14.1 Å². The van der Waals surface area contributed by atoms with Crippen molar-refractivity contribution in [3.63, 3.8) is 0 Å². The molecule has 6 heterocycles. The number of imidazole rings is 1. The number of aromatic nitrogens is 7. The molecule has 0 aromatic carbocycles. The van der Waals surface area contributed by atoms with E-state index in [9.17, 15) is 0 Å². The number of thiophene rings is 1. The largest absolute Gasteiger partial charge is 0.335 e. The predicted octanol–water partition coefficient (Wildman–Crippen LogP) is 4.75. The Bertz CT molecular complexity index is 1580. The molecule has 9 heteroatoms. The molecular formula is C24H20N8S. The molecule has 8 nitrogen and oxygen atoms in total. The van der Waals surface area contributed by atoms with E-state index in [-0.39, 0.29) is 0 Å². The molecule has 0 saturated heterocycles. The van der Waals surface area contributed by atoms with Crippen LogP contribution in [-0.2, 0) is 6.54 Å². The lowest BCUT2D eigenvalue weighted by Crippen LogP contribution is -2.10. The number of hydrogen-bond acceptors (Lipinski definition) is 7. The van der Waals surface area contributed by atoms with Crippen LogP contribution in [0.15, 0.2) is 59.8 Å². The number of nitrogens with zero attached hydrogens (tertiary/aromatic N) is 6. The second kappa shape index (κ2) is 7.88. The Labute approximate surface area is 193 Å². The number of pyridine rings is 3. The SMILES string of the molecule is CN(C)Cc1cncc(-c2ccc3[nH]nc(-c4nc5c(-c6ccsc6)cncc5[nH]4)c3n2)c1. The maximum atomic E-state index is 4.92. The Morgan fingerprint density at radius 1 is 0.909 bits per heavy atom. The van der Waals surface area contributed by atoms with Gasteiger partial charge in [-0.15, -0.1) is 0 Å². The minimum Gasteiger partial charge on any atom is -0.335 e. The third-order valence-corrected chi connectivity index (χ3v) is 6.13. The lowest BCUT2D eigenvalue weighted by Gasteiger charge is -2.10. The Morgan fingerprint density at radius 3 is 2.67 bits per heavy atom. The van der Waals surface area contributed by atoms with E-state index in [1.54, 1.807) is 17.5 Å². The number of hydrogen-bond donors (Lipinski definition) is 2.